The molecule has 4 rings (SSSR count). The molecule has 0 atom stereocenters. The minimum absolute atomic E-state index is 0.957. The molecule has 0 aliphatic heterocycles. The molecule has 4 aromatic heterocycles. The standard InChI is InChI=1S/C34H44Cl2S4/c1-4-7-10-13-16-24-19-20-37-31(24)30-23-27(28-21-25(33(35)39-28)17-14-11-8-5-2)32(38-30)29-22-26(34(36)40-29)18-15-12-9-6-3/h19-23H,4-18H2,1-3H3. The highest BCUT2D eigenvalue weighted by Gasteiger charge is 2.21. The molecule has 0 amide bonds. The van der Waals surface area contributed by atoms with Crippen molar-refractivity contribution < 1.29 is 0 Å². The molecule has 0 aliphatic rings. The summed E-state index contributed by atoms with van der Waals surface area (Å²) in [6, 6.07) is 9.53. The van der Waals surface area contributed by atoms with Crippen molar-refractivity contribution in [3.8, 4) is 29.9 Å². The van der Waals surface area contributed by atoms with Crippen molar-refractivity contribution in [3.05, 3.63) is 55.0 Å². The molecule has 0 unspecified atom stereocenters. The van der Waals surface area contributed by atoms with E-state index in [1.54, 1.807) is 22.7 Å². The molecule has 218 valence electrons. The molecule has 0 aromatic carbocycles. The molecule has 0 bridgehead atoms. The lowest BCUT2D eigenvalue weighted by Gasteiger charge is -2.02. The molecular weight excluding hydrogens is 608 g/mol. The highest BCUT2D eigenvalue weighted by molar-refractivity contribution is 7.28. The van der Waals surface area contributed by atoms with Crippen LogP contribution in [-0.2, 0) is 19.3 Å². The van der Waals surface area contributed by atoms with Crippen molar-refractivity contribution in [2.24, 2.45) is 0 Å². The monoisotopic (exact) mass is 650 g/mol. The summed E-state index contributed by atoms with van der Waals surface area (Å²) >= 11 is 21.0. The van der Waals surface area contributed by atoms with Gasteiger partial charge in [0.2, 0.25) is 0 Å². The van der Waals surface area contributed by atoms with Gasteiger partial charge in [-0.05, 0) is 84.9 Å². The Bertz CT molecular complexity index is 1230. The van der Waals surface area contributed by atoms with Crippen LogP contribution in [0.25, 0.3) is 29.9 Å². The van der Waals surface area contributed by atoms with Gasteiger partial charge in [-0.3, -0.25) is 0 Å². The predicted octanol–water partition coefficient (Wildman–Crippen LogP) is 14.6. The molecule has 0 saturated heterocycles. The van der Waals surface area contributed by atoms with Gasteiger partial charge in [-0.15, -0.1) is 45.3 Å². The first-order valence-corrected chi connectivity index (χ1v) is 19.4. The molecule has 4 aromatic rings. The van der Waals surface area contributed by atoms with E-state index in [0.717, 1.165) is 21.5 Å². The summed E-state index contributed by atoms with van der Waals surface area (Å²) < 4.78 is 1.92. The Hall–Kier alpha value is -0.620. The highest BCUT2D eigenvalue weighted by Crippen LogP contribution is 2.51. The molecule has 0 N–H and O–H groups in total. The van der Waals surface area contributed by atoms with E-state index in [1.165, 1.54) is 130 Å². The Kier molecular flexibility index (Phi) is 13.6. The zero-order valence-corrected chi connectivity index (χ0v) is 29.2. The van der Waals surface area contributed by atoms with Crippen LogP contribution < -0.4 is 0 Å². The maximum atomic E-state index is 6.84. The summed E-state index contributed by atoms with van der Waals surface area (Å²) in [6.07, 6.45) is 18.6. The van der Waals surface area contributed by atoms with E-state index in [-0.39, 0.29) is 0 Å². The van der Waals surface area contributed by atoms with E-state index in [4.69, 9.17) is 23.2 Å². The zero-order valence-electron chi connectivity index (χ0n) is 24.4. The number of hydrogen-bond donors (Lipinski definition) is 0. The second-order valence-corrected chi connectivity index (χ2v) is 16.2. The van der Waals surface area contributed by atoms with Crippen LogP contribution in [0.3, 0.4) is 0 Å². The van der Waals surface area contributed by atoms with Gasteiger partial charge in [0, 0.05) is 25.1 Å². The molecule has 4 heterocycles. The number of unbranched alkanes of at least 4 members (excludes halogenated alkanes) is 9. The Morgan fingerprint density at radius 1 is 0.525 bits per heavy atom. The number of rotatable bonds is 18. The molecular formula is C34H44Cl2S4. The minimum atomic E-state index is 0.957. The van der Waals surface area contributed by atoms with Crippen molar-refractivity contribution in [1.29, 1.82) is 0 Å². The summed E-state index contributed by atoms with van der Waals surface area (Å²) in [7, 11) is 0. The molecule has 0 fully saturated rings. The molecule has 0 aliphatic carbocycles. The lowest BCUT2D eigenvalue weighted by Crippen LogP contribution is -1.85. The number of hydrogen-bond acceptors (Lipinski definition) is 4. The van der Waals surface area contributed by atoms with E-state index < -0.39 is 0 Å². The van der Waals surface area contributed by atoms with Crippen LogP contribution in [0.1, 0.15) is 115 Å². The third-order valence-corrected chi connectivity index (χ3v) is 13.0. The maximum Gasteiger partial charge on any atom is 0.0967 e. The van der Waals surface area contributed by atoms with Crippen LogP contribution in [0, 0.1) is 0 Å². The van der Waals surface area contributed by atoms with Crippen LogP contribution >= 0.6 is 68.5 Å². The molecule has 6 heteroatoms. The normalized spacial score (nSPS) is 11.6. The van der Waals surface area contributed by atoms with Crippen molar-refractivity contribution in [2.75, 3.05) is 0 Å². The maximum absolute atomic E-state index is 6.84. The SMILES string of the molecule is CCCCCCc1cc(-c2cc(-c3sccc3CCCCCC)sc2-c2cc(CCCCCC)c(Cl)s2)sc1Cl. The zero-order chi connectivity index (χ0) is 28.3. The van der Waals surface area contributed by atoms with Gasteiger partial charge in [0.1, 0.15) is 0 Å². The van der Waals surface area contributed by atoms with Gasteiger partial charge >= 0.3 is 0 Å². The fraction of sp³-hybridized carbons (Fsp3) is 0.529. The van der Waals surface area contributed by atoms with Gasteiger partial charge in [0.05, 0.1) is 13.5 Å². The van der Waals surface area contributed by atoms with E-state index in [2.05, 4.69) is 50.4 Å². The van der Waals surface area contributed by atoms with E-state index in [9.17, 15) is 0 Å². The Morgan fingerprint density at radius 3 is 1.60 bits per heavy atom. The van der Waals surface area contributed by atoms with Crippen LogP contribution in [0.5, 0.6) is 0 Å². The topological polar surface area (TPSA) is 0 Å². The average molecular weight is 652 g/mol. The molecule has 0 radical (unpaired) electrons. The van der Waals surface area contributed by atoms with Gasteiger partial charge in [0.15, 0.2) is 0 Å². The summed E-state index contributed by atoms with van der Waals surface area (Å²) in [4.78, 5) is 6.77. The van der Waals surface area contributed by atoms with Crippen molar-refractivity contribution >= 4 is 68.5 Å². The average Bonchev–Trinajstić information content (AvgIpc) is 3.73. The smallest absolute Gasteiger partial charge is 0.0967 e. The lowest BCUT2D eigenvalue weighted by molar-refractivity contribution is 0.667. The first-order valence-electron chi connectivity index (χ1n) is 15.3. The summed E-state index contributed by atoms with van der Waals surface area (Å²) in [5.41, 5.74) is 5.45. The fourth-order valence-corrected chi connectivity index (χ4v) is 10.4. The van der Waals surface area contributed by atoms with Gasteiger partial charge in [0.25, 0.3) is 0 Å². The third-order valence-electron chi connectivity index (χ3n) is 7.61. The van der Waals surface area contributed by atoms with Gasteiger partial charge in [-0.1, -0.05) is 102 Å². The van der Waals surface area contributed by atoms with Crippen LogP contribution in [0.2, 0.25) is 8.67 Å². The Labute approximate surface area is 268 Å². The van der Waals surface area contributed by atoms with Crippen LogP contribution in [0.4, 0.5) is 0 Å². The predicted molar refractivity (Wildman–Crippen MR) is 188 cm³/mol. The molecule has 40 heavy (non-hydrogen) atoms. The minimum Gasteiger partial charge on any atom is -0.143 e. The third kappa shape index (κ3) is 8.71. The van der Waals surface area contributed by atoms with Crippen LogP contribution in [0.15, 0.2) is 29.6 Å². The van der Waals surface area contributed by atoms with Crippen LogP contribution in [-0.4, -0.2) is 0 Å². The number of halogens is 2. The van der Waals surface area contributed by atoms with Crippen molar-refractivity contribution in [2.45, 2.75) is 117 Å². The first-order chi connectivity index (χ1) is 19.5. The quantitative estimate of drug-likeness (QED) is 0.0939. The van der Waals surface area contributed by atoms with Gasteiger partial charge < -0.3 is 0 Å². The number of aryl methyl sites for hydroxylation is 3. The van der Waals surface area contributed by atoms with Gasteiger partial charge in [-0.25, -0.2) is 0 Å². The Balaban J connectivity index is 1.67. The second-order valence-electron chi connectivity index (χ2n) is 10.9. The van der Waals surface area contributed by atoms with E-state index in [0.29, 0.717) is 0 Å². The van der Waals surface area contributed by atoms with Crippen molar-refractivity contribution in [3.63, 3.8) is 0 Å². The fourth-order valence-electron chi connectivity index (χ4n) is 5.24. The van der Waals surface area contributed by atoms with E-state index >= 15 is 0 Å². The summed E-state index contributed by atoms with van der Waals surface area (Å²) in [5, 5.41) is 2.27. The highest BCUT2D eigenvalue weighted by atomic mass is 35.5. The summed E-state index contributed by atoms with van der Waals surface area (Å²) in [5.74, 6) is 0. The van der Waals surface area contributed by atoms with Crippen molar-refractivity contribution in [1.82, 2.24) is 0 Å². The molecule has 0 nitrogen and oxygen atoms in total. The Morgan fingerprint density at radius 2 is 1.02 bits per heavy atom. The second kappa shape index (κ2) is 16.9. The first kappa shape index (κ1) is 32.3. The molecule has 0 spiro atoms. The lowest BCUT2D eigenvalue weighted by atomic mass is 10.1. The largest absolute Gasteiger partial charge is 0.143 e. The van der Waals surface area contributed by atoms with Gasteiger partial charge in [-0.2, -0.15) is 0 Å². The molecule has 0 saturated carbocycles. The van der Waals surface area contributed by atoms with E-state index in [1.807, 2.05) is 22.7 Å². The summed E-state index contributed by atoms with van der Waals surface area (Å²) in [6.45, 7) is 6.82. The number of thiophene rings is 4.